The number of hydrogen-bond donors (Lipinski definition) is 0. The number of nitriles is 1. The lowest BCUT2D eigenvalue weighted by Gasteiger charge is -2.06. The lowest BCUT2D eigenvalue weighted by atomic mass is 10.2. The van der Waals surface area contributed by atoms with Gasteiger partial charge in [0.1, 0.15) is 11.6 Å². The quantitative estimate of drug-likeness (QED) is 0.617. The molecule has 0 aliphatic rings. The van der Waals surface area contributed by atoms with E-state index in [1.807, 2.05) is 6.07 Å². The Kier molecular flexibility index (Phi) is 3.34. The molecule has 94 valence electrons. The maximum atomic E-state index is 10.9. The monoisotopic (exact) mass is 256 g/mol. The first-order chi connectivity index (χ1) is 9.11. The highest BCUT2D eigenvalue weighted by Crippen LogP contribution is 2.32. The van der Waals surface area contributed by atoms with Gasteiger partial charge in [0, 0.05) is 6.07 Å². The molecule has 0 fully saturated rings. The van der Waals surface area contributed by atoms with Crippen LogP contribution in [0, 0.1) is 28.4 Å². The fraction of sp³-hybridized carbons (Fsp3) is 0.0833. The number of rotatable bonds is 3. The maximum absolute atomic E-state index is 10.9. The Balaban J connectivity index is 2.46. The SMILES string of the molecule is Cc1ccc([N+](=O)[O-])c(Oc2nnccc2C#N)c1. The second-order valence-electron chi connectivity index (χ2n) is 3.69. The van der Waals surface area contributed by atoms with E-state index < -0.39 is 4.92 Å². The van der Waals surface area contributed by atoms with Crippen molar-refractivity contribution in [1.29, 1.82) is 5.26 Å². The van der Waals surface area contributed by atoms with Gasteiger partial charge in [0.15, 0.2) is 0 Å². The van der Waals surface area contributed by atoms with Crippen LogP contribution in [0.15, 0.2) is 30.5 Å². The van der Waals surface area contributed by atoms with Crippen molar-refractivity contribution in [1.82, 2.24) is 10.2 Å². The fourth-order valence-corrected chi connectivity index (χ4v) is 1.44. The zero-order chi connectivity index (χ0) is 13.8. The molecule has 1 heterocycles. The van der Waals surface area contributed by atoms with Crippen LogP contribution in [0.5, 0.6) is 11.6 Å². The Morgan fingerprint density at radius 2 is 2.21 bits per heavy atom. The highest BCUT2D eigenvalue weighted by molar-refractivity contribution is 5.51. The molecule has 0 spiro atoms. The van der Waals surface area contributed by atoms with E-state index >= 15 is 0 Å². The summed E-state index contributed by atoms with van der Waals surface area (Å²) < 4.78 is 5.34. The van der Waals surface area contributed by atoms with Crippen molar-refractivity contribution < 1.29 is 9.66 Å². The van der Waals surface area contributed by atoms with Crippen molar-refractivity contribution in [3.63, 3.8) is 0 Å². The van der Waals surface area contributed by atoms with E-state index in [0.29, 0.717) is 0 Å². The Morgan fingerprint density at radius 1 is 1.42 bits per heavy atom. The van der Waals surface area contributed by atoms with Gasteiger partial charge in [-0.3, -0.25) is 10.1 Å². The zero-order valence-electron chi connectivity index (χ0n) is 9.90. The maximum Gasteiger partial charge on any atom is 0.311 e. The molecule has 0 saturated heterocycles. The van der Waals surface area contributed by atoms with Gasteiger partial charge in [-0.05, 0) is 24.6 Å². The third-order valence-corrected chi connectivity index (χ3v) is 2.33. The van der Waals surface area contributed by atoms with Gasteiger partial charge in [-0.15, -0.1) is 5.10 Å². The fourth-order valence-electron chi connectivity index (χ4n) is 1.44. The van der Waals surface area contributed by atoms with Crippen LogP contribution in [0.3, 0.4) is 0 Å². The van der Waals surface area contributed by atoms with Crippen molar-refractivity contribution in [3.8, 4) is 17.7 Å². The average molecular weight is 256 g/mol. The van der Waals surface area contributed by atoms with E-state index in [1.165, 1.54) is 24.4 Å². The molecular formula is C12H8N4O3. The van der Waals surface area contributed by atoms with Crippen LogP contribution < -0.4 is 4.74 Å². The number of hydrogen-bond acceptors (Lipinski definition) is 6. The Hall–Kier alpha value is -3.01. The van der Waals surface area contributed by atoms with Gasteiger partial charge in [-0.25, -0.2) is 0 Å². The van der Waals surface area contributed by atoms with Crippen molar-refractivity contribution in [2.24, 2.45) is 0 Å². The van der Waals surface area contributed by atoms with Crippen molar-refractivity contribution in [2.45, 2.75) is 6.92 Å². The molecule has 2 aromatic rings. The molecule has 0 atom stereocenters. The summed E-state index contributed by atoms with van der Waals surface area (Å²) in [5.41, 5.74) is 0.758. The molecule has 0 aliphatic heterocycles. The van der Waals surface area contributed by atoms with Crippen LogP contribution in [0.1, 0.15) is 11.1 Å². The highest BCUT2D eigenvalue weighted by atomic mass is 16.6. The summed E-state index contributed by atoms with van der Waals surface area (Å²) >= 11 is 0. The van der Waals surface area contributed by atoms with Gasteiger partial charge in [-0.2, -0.15) is 10.4 Å². The molecule has 7 heteroatoms. The third kappa shape index (κ3) is 2.63. The van der Waals surface area contributed by atoms with Crippen molar-refractivity contribution in [3.05, 3.63) is 51.7 Å². The zero-order valence-corrected chi connectivity index (χ0v) is 9.90. The van der Waals surface area contributed by atoms with Crippen LogP contribution in [-0.2, 0) is 0 Å². The summed E-state index contributed by atoms with van der Waals surface area (Å²) in [6.07, 6.45) is 1.34. The number of aryl methyl sites for hydroxylation is 1. The van der Waals surface area contributed by atoms with Crippen LogP contribution in [-0.4, -0.2) is 15.1 Å². The van der Waals surface area contributed by atoms with Gasteiger partial charge in [0.05, 0.1) is 11.1 Å². The van der Waals surface area contributed by atoms with E-state index in [-0.39, 0.29) is 22.9 Å². The Bertz CT molecular complexity index is 679. The van der Waals surface area contributed by atoms with Crippen molar-refractivity contribution in [2.75, 3.05) is 0 Å². The normalized spacial score (nSPS) is 9.68. The molecule has 19 heavy (non-hydrogen) atoms. The first-order valence-corrected chi connectivity index (χ1v) is 5.26. The minimum absolute atomic E-state index is 0.0296. The van der Waals surface area contributed by atoms with E-state index in [2.05, 4.69) is 10.2 Å². The van der Waals surface area contributed by atoms with Gasteiger partial charge in [0.2, 0.25) is 5.75 Å². The Labute approximate surface area is 108 Å². The molecule has 0 amide bonds. The number of nitro groups is 1. The molecule has 7 nitrogen and oxygen atoms in total. The van der Waals surface area contributed by atoms with Gasteiger partial charge >= 0.3 is 5.69 Å². The first kappa shape index (κ1) is 12.4. The van der Waals surface area contributed by atoms with E-state index in [4.69, 9.17) is 10.00 Å². The first-order valence-electron chi connectivity index (χ1n) is 5.26. The van der Waals surface area contributed by atoms with E-state index in [9.17, 15) is 10.1 Å². The molecule has 0 radical (unpaired) electrons. The summed E-state index contributed by atoms with van der Waals surface area (Å²) in [5, 5.41) is 27.0. The molecule has 0 N–H and O–H groups in total. The molecular weight excluding hydrogens is 248 g/mol. The lowest BCUT2D eigenvalue weighted by molar-refractivity contribution is -0.385. The predicted octanol–water partition coefficient (Wildman–Crippen LogP) is 2.36. The second-order valence-corrected chi connectivity index (χ2v) is 3.69. The van der Waals surface area contributed by atoms with Gasteiger partial charge in [0.25, 0.3) is 5.88 Å². The number of nitro benzene ring substituents is 1. The number of nitrogens with zero attached hydrogens (tertiary/aromatic N) is 4. The lowest BCUT2D eigenvalue weighted by Crippen LogP contribution is -1.97. The number of aromatic nitrogens is 2. The minimum Gasteiger partial charge on any atom is -0.429 e. The van der Waals surface area contributed by atoms with Crippen LogP contribution in [0.4, 0.5) is 5.69 Å². The molecule has 0 aliphatic carbocycles. The largest absolute Gasteiger partial charge is 0.429 e. The second kappa shape index (κ2) is 5.10. The van der Waals surface area contributed by atoms with E-state index in [1.54, 1.807) is 13.0 Å². The topological polar surface area (TPSA) is 102 Å². The summed E-state index contributed by atoms with van der Waals surface area (Å²) in [6, 6.07) is 7.75. The van der Waals surface area contributed by atoms with Crippen LogP contribution >= 0.6 is 0 Å². The smallest absolute Gasteiger partial charge is 0.311 e. The van der Waals surface area contributed by atoms with Crippen LogP contribution in [0.25, 0.3) is 0 Å². The number of benzene rings is 1. The summed E-state index contributed by atoms with van der Waals surface area (Å²) in [7, 11) is 0. The standard InChI is InChI=1S/C12H8N4O3/c1-8-2-3-10(16(17)18)11(6-8)19-12-9(7-13)4-5-14-15-12/h2-6H,1H3. The average Bonchev–Trinajstić information content (AvgIpc) is 2.39. The molecule has 0 bridgehead atoms. The highest BCUT2D eigenvalue weighted by Gasteiger charge is 2.17. The summed E-state index contributed by atoms with van der Waals surface area (Å²) in [5.74, 6) is -0.0271. The molecule has 2 rings (SSSR count). The van der Waals surface area contributed by atoms with Crippen LogP contribution in [0.2, 0.25) is 0 Å². The summed E-state index contributed by atoms with van der Waals surface area (Å²) in [4.78, 5) is 10.3. The Morgan fingerprint density at radius 3 is 2.89 bits per heavy atom. The summed E-state index contributed by atoms with van der Waals surface area (Å²) in [6.45, 7) is 1.78. The molecule has 0 unspecified atom stereocenters. The molecule has 1 aromatic carbocycles. The minimum atomic E-state index is -0.558. The molecule has 0 saturated carbocycles. The van der Waals surface area contributed by atoms with E-state index in [0.717, 1.165) is 5.56 Å². The predicted molar refractivity (Wildman–Crippen MR) is 64.7 cm³/mol. The molecule has 1 aromatic heterocycles. The van der Waals surface area contributed by atoms with Gasteiger partial charge < -0.3 is 4.74 Å². The van der Waals surface area contributed by atoms with Crippen molar-refractivity contribution >= 4 is 5.69 Å². The van der Waals surface area contributed by atoms with Gasteiger partial charge in [-0.1, -0.05) is 6.07 Å². The third-order valence-electron chi connectivity index (χ3n) is 2.33. The number of ether oxygens (including phenoxy) is 1.